The van der Waals surface area contributed by atoms with Crippen molar-refractivity contribution < 1.29 is 9.69 Å². The predicted molar refractivity (Wildman–Crippen MR) is 85.4 cm³/mol. The van der Waals surface area contributed by atoms with Crippen molar-refractivity contribution in [2.75, 3.05) is 12.2 Å². The second kappa shape index (κ2) is 8.08. The first-order valence-electron chi connectivity index (χ1n) is 6.31. The van der Waals surface area contributed by atoms with E-state index in [1.54, 1.807) is 31.2 Å². The highest BCUT2D eigenvalue weighted by atomic mass is 32.2. The molecule has 0 aromatic carbocycles. The molecule has 0 radical (unpaired) electrons. The molecule has 5 nitrogen and oxygen atoms in total. The smallest absolute Gasteiger partial charge is 0.253 e. The summed E-state index contributed by atoms with van der Waals surface area (Å²) < 4.78 is 0. The molecule has 0 bridgehead atoms. The lowest BCUT2D eigenvalue weighted by Crippen LogP contribution is -2.22. The molecule has 21 heavy (non-hydrogen) atoms. The van der Waals surface area contributed by atoms with Crippen LogP contribution in [0.15, 0.2) is 47.9 Å². The molecule has 1 amide bonds. The van der Waals surface area contributed by atoms with E-state index >= 15 is 0 Å². The summed E-state index contributed by atoms with van der Waals surface area (Å²) in [5.74, 6) is -0.151. The van der Waals surface area contributed by atoms with Gasteiger partial charge in [-0.25, -0.2) is 4.98 Å². The largest absolute Gasteiger partial charge is 0.373 e. The van der Waals surface area contributed by atoms with Gasteiger partial charge in [-0.2, -0.15) is 0 Å². The average molecular weight is 321 g/mol. The van der Waals surface area contributed by atoms with Gasteiger partial charge < -0.3 is 10.2 Å². The van der Waals surface area contributed by atoms with Crippen LogP contribution in [0.1, 0.15) is 15.9 Å². The average Bonchev–Trinajstić information content (AvgIpc) is 2.52. The zero-order valence-corrected chi connectivity index (χ0v) is 13.3. The van der Waals surface area contributed by atoms with E-state index in [1.807, 2.05) is 12.1 Å². The second-order valence-corrected chi connectivity index (χ2v) is 7.41. The quantitative estimate of drug-likeness (QED) is 0.631. The van der Waals surface area contributed by atoms with Gasteiger partial charge in [0, 0.05) is 38.8 Å². The third-order valence-electron chi connectivity index (χ3n) is 2.58. The number of nitrogens with one attached hydrogen (secondary N) is 1. The van der Waals surface area contributed by atoms with Crippen LogP contribution in [-0.4, -0.2) is 32.9 Å². The maximum Gasteiger partial charge on any atom is 0.253 e. The number of aromatic nitrogens is 2. The Bertz CT molecular complexity index is 596. The monoisotopic (exact) mass is 321 g/mol. The van der Waals surface area contributed by atoms with Crippen LogP contribution in [0, 0.1) is 0 Å². The van der Waals surface area contributed by atoms with Crippen molar-refractivity contribution in [2.45, 2.75) is 11.6 Å². The fraction of sp³-hybridized carbons (Fsp3) is 0.214. The normalized spacial score (nSPS) is 11.9. The van der Waals surface area contributed by atoms with E-state index in [0.29, 0.717) is 17.6 Å². The molecule has 0 fully saturated rings. The van der Waals surface area contributed by atoms with Gasteiger partial charge in [0.25, 0.3) is 5.91 Å². The van der Waals surface area contributed by atoms with Gasteiger partial charge in [0.15, 0.2) is 0 Å². The van der Waals surface area contributed by atoms with Crippen LogP contribution in [0.3, 0.4) is 0 Å². The van der Waals surface area contributed by atoms with Crippen LogP contribution in [0.5, 0.6) is 0 Å². The lowest BCUT2D eigenvalue weighted by molar-refractivity contribution is 0.0950. The lowest BCUT2D eigenvalue weighted by atomic mass is 10.2. The summed E-state index contributed by atoms with van der Waals surface area (Å²) in [6.45, 7) is 2.24. The third-order valence-corrected chi connectivity index (χ3v) is 5.11. The predicted octanol–water partition coefficient (Wildman–Crippen LogP) is 2.48. The van der Waals surface area contributed by atoms with Crippen LogP contribution >= 0.6 is 19.9 Å². The Morgan fingerprint density at radius 1 is 1.43 bits per heavy atom. The van der Waals surface area contributed by atoms with Crippen molar-refractivity contribution >= 4 is 25.8 Å². The van der Waals surface area contributed by atoms with Crippen molar-refractivity contribution in [1.29, 1.82) is 0 Å². The van der Waals surface area contributed by atoms with Crippen LogP contribution in [-0.2, 0) is 6.54 Å². The van der Waals surface area contributed by atoms with E-state index in [1.165, 1.54) is 18.0 Å². The molecular weight excluding hydrogens is 305 g/mol. The molecule has 1 unspecified atom stereocenters. The van der Waals surface area contributed by atoms with Gasteiger partial charge in [-0.05, 0) is 36.5 Å². The molecule has 2 rings (SSSR count). The minimum absolute atomic E-state index is 0.151. The Morgan fingerprint density at radius 2 is 2.29 bits per heavy atom. The molecule has 2 N–H and O–H groups in total. The maximum atomic E-state index is 11.9. The van der Waals surface area contributed by atoms with E-state index in [4.69, 9.17) is 0 Å². The van der Waals surface area contributed by atoms with Gasteiger partial charge in [-0.15, -0.1) is 0 Å². The summed E-state index contributed by atoms with van der Waals surface area (Å²) in [4.78, 5) is 29.4. The van der Waals surface area contributed by atoms with Gasteiger partial charge >= 0.3 is 0 Å². The molecule has 0 aliphatic rings. The first kappa shape index (κ1) is 15.9. The number of hydrogen-bond acceptors (Lipinski definition) is 5. The molecule has 0 saturated carbocycles. The van der Waals surface area contributed by atoms with Gasteiger partial charge in [-0.1, -0.05) is 11.8 Å². The van der Waals surface area contributed by atoms with Gasteiger partial charge in [0.1, 0.15) is 0 Å². The number of pyridine rings is 2. The number of carbonyl (C=O) groups is 1. The number of hydrogen-bond donors (Lipinski definition) is 2. The Kier molecular flexibility index (Phi) is 6.11. The van der Waals surface area contributed by atoms with Gasteiger partial charge in [0.2, 0.25) is 0 Å². The van der Waals surface area contributed by atoms with E-state index in [0.717, 1.165) is 10.6 Å². The zero-order valence-electron chi connectivity index (χ0n) is 11.6. The van der Waals surface area contributed by atoms with Crippen molar-refractivity contribution in [3.8, 4) is 0 Å². The molecule has 0 saturated heterocycles. The Labute approximate surface area is 129 Å². The van der Waals surface area contributed by atoms with Crippen molar-refractivity contribution in [3.05, 3.63) is 54.0 Å². The first-order valence-corrected chi connectivity index (χ1v) is 9.22. The molecule has 1 atom stereocenters. The molecular formula is C14H16N3O2PS. The van der Waals surface area contributed by atoms with Crippen LogP contribution in [0.25, 0.3) is 0 Å². The van der Waals surface area contributed by atoms with Crippen molar-refractivity contribution in [1.82, 2.24) is 15.3 Å². The lowest BCUT2D eigenvalue weighted by Gasteiger charge is -2.07. The number of rotatable bonds is 6. The minimum atomic E-state index is -0.936. The summed E-state index contributed by atoms with van der Waals surface area (Å²) >= 11 is 1.52. The van der Waals surface area contributed by atoms with Crippen LogP contribution in [0.4, 0.5) is 0 Å². The molecule has 0 aliphatic heterocycles. The first-order chi connectivity index (χ1) is 10.1. The number of nitrogens with zero attached hydrogens (tertiary/aromatic N) is 2. The topological polar surface area (TPSA) is 75.1 Å². The van der Waals surface area contributed by atoms with Gasteiger partial charge in [-0.3, -0.25) is 9.78 Å². The molecule has 110 valence electrons. The highest BCUT2D eigenvalue weighted by Gasteiger charge is 2.06. The summed E-state index contributed by atoms with van der Waals surface area (Å²) in [5.41, 5.74) is 2.18. The van der Waals surface area contributed by atoms with E-state index in [2.05, 4.69) is 15.3 Å². The summed E-state index contributed by atoms with van der Waals surface area (Å²) in [5, 5.41) is 3.70. The Balaban J connectivity index is 1.91. The minimum Gasteiger partial charge on any atom is -0.373 e. The summed E-state index contributed by atoms with van der Waals surface area (Å²) in [7, 11) is -0.936. The molecule has 7 heteroatoms. The highest BCUT2D eigenvalue weighted by Crippen LogP contribution is 2.32. The maximum absolute atomic E-state index is 11.9. The molecule has 2 aromatic heterocycles. The van der Waals surface area contributed by atoms with Crippen LogP contribution in [0.2, 0.25) is 0 Å². The molecule has 2 heterocycles. The molecule has 0 aliphatic carbocycles. The fourth-order valence-electron chi connectivity index (χ4n) is 1.58. The van der Waals surface area contributed by atoms with Crippen LogP contribution < -0.4 is 5.32 Å². The van der Waals surface area contributed by atoms with E-state index in [9.17, 15) is 9.69 Å². The summed E-state index contributed by atoms with van der Waals surface area (Å²) in [6, 6.07) is 7.24. The fourth-order valence-corrected chi connectivity index (χ4v) is 3.23. The highest BCUT2D eigenvalue weighted by molar-refractivity contribution is 8.04. The van der Waals surface area contributed by atoms with E-state index in [-0.39, 0.29) is 5.91 Å². The Morgan fingerprint density at radius 3 is 3.00 bits per heavy atom. The van der Waals surface area contributed by atoms with E-state index < -0.39 is 8.15 Å². The summed E-state index contributed by atoms with van der Waals surface area (Å²) in [6.07, 6.45) is 4.88. The number of thioether (sulfide) groups is 1. The SMILES string of the molecule is CP(O)CSc1cc(CNC(=O)c2cccnc2)ccn1. The van der Waals surface area contributed by atoms with Crippen molar-refractivity contribution in [2.24, 2.45) is 0 Å². The second-order valence-electron chi connectivity index (χ2n) is 4.36. The Hall–Kier alpha value is -1.49. The standard InChI is InChI=1S/C14H16N3O2PS/c1-20(19)10-21-13-7-11(4-6-16-13)8-17-14(18)12-3-2-5-15-9-12/h2-7,9,19H,8,10H2,1H3,(H,17,18). The third kappa shape index (κ3) is 5.42. The molecule has 2 aromatic rings. The number of carbonyl (C=O) groups excluding carboxylic acids is 1. The molecule has 0 spiro atoms. The zero-order chi connectivity index (χ0) is 15.1. The van der Waals surface area contributed by atoms with Gasteiger partial charge in [0.05, 0.1) is 10.6 Å². The number of amides is 1. The van der Waals surface area contributed by atoms with Crippen molar-refractivity contribution in [3.63, 3.8) is 0 Å².